The summed E-state index contributed by atoms with van der Waals surface area (Å²) in [7, 11) is 0. The van der Waals surface area contributed by atoms with E-state index in [-0.39, 0.29) is 11.1 Å². The summed E-state index contributed by atoms with van der Waals surface area (Å²) in [6, 6.07) is 3.57. The van der Waals surface area contributed by atoms with Gasteiger partial charge in [0.25, 0.3) is 0 Å². The third kappa shape index (κ3) is 1.88. The minimum atomic E-state index is -0.685. The lowest BCUT2D eigenvalue weighted by molar-refractivity contribution is 0.103. The Kier molecular flexibility index (Phi) is 2.83. The second-order valence-electron chi connectivity index (χ2n) is 3.42. The van der Waals surface area contributed by atoms with Gasteiger partial charge in [-0.3, -0.25) is 4.79 Å². The number of carbonyl (C=O) groups excluding carboxylic acids is 1. The number of hydrogen-bond acceptors (Lipinski definition) is 2. The summed E-state index contributed by atoms with van der Waals surface area (Å²) < 4.78 is 26.7. The predicted molar refractivity (Wildman–Crippen MR) is 58.8 cm³/mol. The molecule has 0 aliphatic carbocycles. The van der Waals surface area contributed by atoms with Gasteiger partial charge in [0, 0.05) is 10.9 Å². The molecule has 0 saturated heterocycles. The molecule has 0 unspecified atom stereocenters. The molecule has 2 rings (SSSR count). The summed E-state index contributed by atoms with van der Waals surface area (Å²) in [6.07, 6.45) is 0. The molecular weight excluding hydrogens is 230 g/mol. The Morgan fingerprint density at radius 1 is 1.25 bits per heavy atom. The third-order valence-electron chi connectivity index (χ3n) is 2.28. The first kappa shape index (κ1) is 11.0. The van der Waals surface area contributed by atoms with E-state index < -0.39 is 17.4 Å². The highest BCUT2D eigenvalue weighted by molar-refractivity contribution is 7.08. The molecule has 0 atom stereocenters. The van der Waals surface area contributed by atoms with Gasteiger partial charge in [-0.25, -0.2) is 8.78 Å². The van der Waals surface area contributed by atoms with Crippen LogP contribution in [0.5, 0.6) is 0 Å². The van der Waals surface area contributed by atoms with Crippen LogP contribution in [0.2, 0.25) is 0 Å². The molecule has 0 spiro atoms. The SMILES string of the molecule is Cc1cc(F)c(C(=O)c2ccsc2)cc1F. The average molecular weight is 238 g/mol. The van der Waals surface area contributed by atoms with E-state index in [9.17, 15) is 13.6 Å². The highest BCUT2D eigenvalue weighted by atomic mass is 32.1. The molecule has 1 aromatic heterocycles. The second kappa shape index (κ2) is 4.14. The molecule has 2 aromatic rings. The molecule has 0 aliphatic rings. The Morgan fingerprint density at radius 2 is 2.00 bits per heavy atom. The van der Waals surface area contributed by atoms with Crippen molar-refractivity contribution < 1.29 is 13.6 Å². The van der Waals surface area contributed by atoms with Crippen LogP contribution in [0, 0.1) is 18.6 Å². The molecule has 0 amide bonds. The summed E-state index contributed by atoms with van der Waals surface area (Å²) in [5, 5.41) is 3.33. The van der Waals surface area contributed by atoms with Crippen molar-refractivity contribution in [3.05, 3.63) is 57.3 Å². The van der Waals surface area contributed by atoms with Crippen molar-refractivity contribution in [1.29, 1.82) is 0 Å². The van der Waals surface area contributed by atoms with Gasteiger partial charge in [-0.05, 0) is 36.1 Å². The van der Waals surface area contributed by atoms with Gasteiger partial charge in [-0.15, -0.1) is 0 Å². The Labute approximate surface area is 95.4 Å². The predicted octanol–water partition coefficient (Wildman–Crippen LogP) is 3.57. The van der Waals surface area contributed by atoms with E-state index >= 15 is 0 Å². The van der Waals surface area contributed by atoms with Gasteiger partial charge in [0.05, 0.1) is 5.56 Å². The van der Waals surface area contributed by atoms with Crippen LogP contribution in [-0.2, 0) is 0 Å². The van der Waals surface area contributed by atoms with E-state index in [0.717, 1.165) is 12.1 Å². The first-order valence-electron chi connectivity index (χ1n) is 4.62. The number of carbonyl (C=O) groups is 1. The van der Waals surface area contributed by atoms with Crippen molar-refractivity contribution in [2.75, 3.05) is 0 Å². The van der Waals surface area contributed by atoms with Crippen molar-refractivity contribution >= 4 is 17.1 Å². The quantitative estimate of drug-likeness (QED) is 0.731. The molecule has 0 aliphatic heterocycles. The number of aryl methyl sites for hydroxylation is 1. The van der Waals surface area contributed by atoms with Gasteiger partial charge >= 0.3 is 0 Å². The van der Waals surface area contributed by atoms with Gasteiger partial charge in [-0.2, -0.15) is 11.3 Å². The molecular formula is C12H8F2OS. The van der Waals surface area contributed by atoms with E-state index in [2.05, 4.69) is 0 Å². The normalized spacial score (nSPS) is 10.4. The molecule has 1 nitrogen and oxygen atoms in total. The van der Waals surface area contributed by atoms with Crippen LogP contribution in [-0.4, -0.2) is 5.78 Å². The molecule has 4 heteroatoms. The lowest BCUT2D eigenvalue weighted by Gasteiger charge is -2.03. The van der Waals surface area contributed by atoms with E-state index in [1.165, 1.54) is 18.3 Å². The number of ketones is 1. The molecule has 16 heavy (non-hydrogen) atoms. The zero-order chi connectivity index (χ0) is 11.7. The topological polar surface area (TPSA) is 17.1 Å². The van der Waals surface area contributed by atoms with Crippen molar-refractivity contribution in [2.24, 2.45) is 0 Å². The standard InChI is InChI=1S/C12H8F2OS/c1-7-4-11(14)9(5-10(7)13)12(15)8-2-3-16-6-8/h2-6H,1H3. The highest BCUT2D eigenvalue weighted by Crippen LogP contribution is 2.19. The van der Waals surface area contributed by atoms with Crippen molar-refractivity contribution in [3.8, 4) is 0 Å². The fraction of sp³-hybridized carbons (Fsp3) is 0.0833. The first-order chi connectivity index (χ1) is 7.59. The van der Waals surface area contributed by atoms with E-state index in [0.29, 0.717) is 5.56 Å². The minimum Gasteiger partial charge on any atom is -0.288 e. The smallest absolute Gasteiger partial charge is 0.196 e. The van der Waals surface area contributed by atoms with Crippen molar-refractivity contribution in [3.63, 3.8) is 0 Å². The molecule has 0 saturated carbocycles. The van der Waals surface area contributed by atoms with E-state index in [4.69, 9.17) is 0 Å². The largest absolute Gasteiger partial charge is 0.288 e. The van der Waals surface area contributed by atoms with Crippen LogP contribution in [0.25, 0.3) is 0 Å². The van der Waals surface area contributed by atoms with Crippen LogP contribution in [0.4, 0.5) is 8.78 Å². The summed E-state index contributed by atoms with van der Waals surface area (Å²) in [5.74, 6) is -1.74. The highest BCUT2D eigenvalue weighted by Gasteiger charge is 2.16. The third-order valence-corrected chi connectivity index (χ3v) is 2.96. The Bertz CT molecular complexity index is 532. The van der Waals surface area contributed by atoms with E-state index in [1.54, 1.807) is 16.8 Å². The zero-order valence-electron chi connectivity index (χ0n) is 8.46. The summed E-state index contributed by atoms with van der Waals surface area (Å²) in [5.41, 5.74) is 0.355. The average Bonchev–Trinajstić information content (AvgIpc) is 2.75. The summed E-state index contributed by atoms with van der Waals surface area (Å²) >= 11 is 1.34. The molecule has 0 fully saturated rings. The number of benzene rings is 1. The lowest BCUT2D eigenvalue weighted by Crippen LogP contribution is -2.04. The fourth-order valence-electron chi connectivity index (χ4n) is 1.37. The number of thiophene rings is 1. The summed E-state index contributed by atoms with van der Waals surface area (Å²) in [6.45, 7) is 1.46. The molecule has 1 aromatic carbocycles. The lowest BCUT2D eigenvalue weighted by atomic mass is 10.0. The monoisotopic (exact) mass is 238 g/mol. The van der Waals surface area contributed by atoms with Gasteiger partial charge in [0.2, 0.25) is 0 Å². The maximum atomic E-state index is 13.5. The number of halogens is 2. The molecule has 82 valence electrons. The van der Waals surface area contributed by atoms with Crippen molar-refractivity contribution in [1.82, 2.24) is 0 Å². The number of rotatable bonds is 2. The van der Waals surface area contributed by atoms with Crippen LogP contribution < -0.4 is 0 Å². The van der Waals surface area contributed by atoms with Gasteiger partial charge in [0.1, 0.15) is 11.6 Å². The Balaban J connectivity index is 2.49. The van der Waals surface area contributed by atoms with Gasteiger partial charge in [0.15, 0.2) is 5.78 Å². The second-order valence-corrected chi connectivity index (χ2v) is 4.20. The number of hydrogen-bond donors (Lipinski definition) is 0. The van der Waals surface area contributed by atoms with Crippen LogP contribution in [0.15, 0.2) is 29.0 Å². The molecule has 0 radical (unpaired) electrons. The van der Waals surface area contributed by atoms with E-state index in [1.807, 2.05) is 0 Å². The van der Waals surface area contributed by atoms with Crippen LogP contribution in [0.3, 0.4) is 0 Å². The van der Waals surface area contributed by atoms with Crippen LogP contribution in [0.1, 0.15) is 21.5 Å². The van der Waals surface area contributed by atoms with Gasteiger partial charge in [-0.1, -0.05) is 0 Å². The zero-order valence-corrected chi connectivity index (χ0v) is 9.28. The summed E-state index contributed by atoms with van der Waals surface area (Å²) in [4.78, 5) is 11.8. The Morgan fingerprint density at radius 3 is 2.62 bits per heavy atom. The maximum absolute atomic E-state index is 13.5. The fourth-order valence-corrected chi connectivity index (χ4v) is 2.01. The molecule has 0 N–H and O–H groups in total. The van der Waals surface area contributed by atoms with Gasteiger partial charge < -0.3 is 0 Å². The first-order valence-corrected chi connectivity index (χ1v) is 5.56. The maximum Gasteiger partial charge on any atom is 0.196 e. The Hall–Kier alpha value is -1.55. The van der Waals surface area contributed by atoms with Crippen LogP contribution >= 0.6 is 11.3 Å². The molecule has 0 bridgehead atoms. The minimum absolute atomic E-state index is 0.194. The molecule has 1 heterocycles. The van der Waals surface area contributed by atoms with Crippen molar-refractivity contribution in [2.45, 2.75) is 6.92 Å².